The minimum absolute atomic E-state index is 0.0312. The largest absolute Gasteiger partial charge is 0.756 e. The summed E-state index contributed by atoms with van der Waals surface area (Å²) in [5, 5.41) is 0. The molecule has 0 aliphatic rings. The Morgan fingerprint density at radius 1 is 0.529 bits per heavy atom. The molecule has 306 valence electrons. The molecule has 0 heterocycles. The smallest absolute Gasteiger partial charge is 0.306 e. The zero-order valence-electron chi connectivity index (χ0n) is 34.6. The van der Waals surface area contributed by atoms with Crippen molar-refractivity contribution in [1.82, 2.24) is 0 Å². The Hall–Kier alpha value is -0.500. The predicted molar refractivity (Wildman–Crippen MR) is 213 cm³/mol. The minimum atomic E-state index is -4.51. The number of quaternary nitrogens is 1. The maximum Gasteiger partial charge on any atom is 0.306 e. The Balaban J connectivity index is 4.14. The van der Waals surface area contributed by atoms with Crippen LogP contribution in [0, 0.1) is 0 Å². The monoisotopic (exact) mass is 748 g/mol. The molecule has 0 N–H and O–H groups in total. The highest BCUT2D eigenvalue weighted by atomic mass is 31.2. The molecule has 1 unspecified atom stereocenters. The van der Waals surface area contributed by atoms with Crippen LogP contribution in [-0.2, 0) is 27.9 Å². The van der Waals surface area contributed by atoms with Crippen LogP contribution in [0.2, 0.25) is 0 Å². The fourth-order valence-corrected chi connectivity index (χ4v) is 6.98. The maximum atomic E-state index is 12.6. The molecule has 51 heavy (non-hydrogen) atoms. The molecule has 0 rings (SSSR count). The molecular formula is C42H86NO7P. The van der Waals surface area contributed by atoms with Gasteiger partial charge in [-0.3, -0.25) is 9.36 Å². The second kappa shape index (κ2) is 36.5. The summed E-state index contributed by atoms with van der Waals surface area (Å²) in [5.74, 6) is -0.331. The average Bonchev–Trinajstić information content (AvgIpc) is 3.08. The van der Waals surface area contributed by atoms with Crippen LogP contribution in [-0.4, -0.2) is 70.7 Å². The highest BCUT2D eigenvalue weighted by Crippen LogP contribution is 2.38. The number of hydrogen-bond acceptors (Lipinski definition) is 7. The lowest BCUT2D eigenvalue weighted by atomic mass is 10.0. The predicted octanol–water partition coefficient (Wildman–Crippen LogP) is 11.9. The van der Waals surface area contributed by atoms with Gasteiger partial charge >= 0.3 is 5.97 Å². The molecule has 0 saturated heterocycles. The first-order chi connectivity index (χ1) is 24.6. The van der Waals surface area contributed by atoms with E-state index in [1.54, 1.807) is 0 Å². The number of unbranched alkanes of at least 4 members (excludes halogenated alkanes) is 27. The van der Waals surface area contributed by atoms with E-state index < -0.39 is 13.9 Å². The van der Waals surface area contributed by atoms with E-state index in [0.29, 0.717) is 24.1 Å². The van der Waals surface area contributed by atoms with Crippen LogP contribution in [0.1, 0.15) is 206 Å². The van der Waals surface area contributed by atoms with E-state index in [4.69, 9.17) is 18.5 Å². The van der Waals surface area contributed by atoms with E-state index in [0.717, 1.165) is 32.1 Å². The third kappa shape index (κ3) is 40.5. The Bertz CT molecular complexity index is 792. The van der Waals surface area contributed by atoms with E-state index in [9.17, 15) is 14.3 Å². The van der Waals surface area contributed by atoms with Gasteiger partial charge in [-0.1, -0.05) is 187 Å². The Morgan fingerprint density at radius 3 is 1.29 bits per heavy atom. The molecule has 0 fully saturated rings. The van der Waals surface area contributed by atoms with Crippen molar-refractivity contribution in [3.8, 4) is 0 Å². The van der Waals surface area contributed by atoms with Crippen molar-refractivity contribution in [2.24, 2.45) is 0 Å². The minimum Gasteiger partial charge on any atom is -0.756 e. The first-order valence-electron chi connectivity index (χ1n) is 21.8. The molecule has 9 heteroatoms. The van der Waals surface area contributed by atoms with Gasteiger partial charge in [-0.2, -0.15) is 0 Å². The number of ether oxygens (including phenoxy) is 2. The molecule has 2 atom stereocenters. The third-order valence-electron chi connectivity index (χ3n) is 9.66. The zero-order chi connectivity index (χ0) is 37.7. The molecule has 0 aliphatic carbocycles. The Kier molecular flexibility index (Phi) is 36.1. The maximum absolute atomic E-state index is 12.6. The van der Waals surface area contributed by atoms with Gasteiger partial charge in [-0.15, -0.1) is 0 Å². The highest BCUT2D eigenvalue weighted by molar-refractivity contribution is 7.45. The summed E-state index contributed by atoms with van der Waals surface area (Å²) < 4.78 is 34.5. The molecule has 0 aromatic carbocycles. The molecule has 8 nitrogen and oxygen atoms in total. The van der Waals surface area contributed by atoms with Crippen molar-refractivity contribution in [2.45, 2.75) is 213 Å². The average molecular weight is 748 g/mol. The number of carbonyl (C=O) groups excluding carboxylic acids is 1. The van der Waals surface area contributed by atoms with E-state index in [-0.39, 0.29) is 25.8 Å². The molecule has 0 aliphatic heterocycles. The van der Waals surface area contributed by atoms with E-state index in [1.165, 1.54) is 154 Å². The van der Waals surface area contributed by atoms with Gasteiger partial charge in [0.15, 0.2) is 0 Å². The third-order valence-corrected chi connectivity index (χ3v) is 10.6. The molecule has 0 bridgehead atoms. The van der Waals surface area contributed by atoms with Crippen molar-refractivity contribution < 1.29 is 37.3 Å². The summed E-state index contributed by atoms with van der Waals surface area (Å²) in [6.07, 6.45) is 36.8. The number of rotatable bonds is 41. The molecule has 0 saturated carbocycles. The summed E-state index contributed by atoms with van der Waals surface area (Å²) in [6, 6.07) is 0. The van der Waals surface area contributed by atoms with Crippen molar-refractivity contribution >= 4 is 13.8 Å². The van der Waals surface area contributed by atoms with Gasteiger partial charge in [0.2, 0.25) is 0 Å². The van der Waals surface area contributed by atoms with Gasteiger partial charge < -0.3 is 27.9 Å². The molecule has 0 amide bonds. The van der Waals surface area contributed by atoms with Gasteiger partial charge in [-0.25, -0.2) is 0 Å². The fourth-order valence-electron chi connectivity index (χ4n) is 6.25. The number of esters is 1. The van der Waals surface area contributed by atoms with E-state index in [1.807, 2.05) is 21.1 Å². The van der Waals surface area contributed by atoms with Gasteiger partial charge in [0, 0.05) is 13.0 Å². The molecule has 0 aromatic heterocycles. The summed E-state index contributed by atoms with van der Waals surface area (Å²) in [4.78, 5) is 25.0. The first kappa shape index (κ1) is 50.5. The number of phosphoric acid groups is 1. The summed E-state index contributed by atoms with van der Waals surface area (Å²) in [6.45, 7) is 5.45. The zero-order valence-corrected chi connectivity index (χ0v) is 35.5. The topological polar surface area (TPSA) is 94.1 Å². The number of carbonyl (C=O) groups is 1. The SMILES string of the molecule is CCCCCCCCCCCCCCCCCCCCOC[C@H](COP(=O)([O-])OCC[N+](C)(C)C)OC(=O)CCCCCCCCCCCCC. The molecule has 0 spiro atoms. The van der Waals surface area contributed by atoms with Crippen LogP contribution < -0.4 is 4.89 Å². The van der Waals surface area contributed by atoms with Crippen LogP contribution >= 0.6 is 7.82 Å². The summed E-state index contributed by atoms with van der Waals surface area (Å²) in [7, 11) is 1.37. The standard InChI is InChI=1S/C42H86NO7P/c1-6-8-10-12-14-16-18-19-20-21-22-23-24-26-28-30-32-34-37-47-39-41(40-49-51(45,46)48-38-36-43(3,4)5)50-42(44)35-33-31-29-27-25-17-15-13-11-9-7-2/h41H,6-40H2,1-5H3/t41-/m1/s1. The first-order valence-corrected chi connectivity index (χ1v) is 23.2. The van der Waals surface area contributed by atoms with Gasteiger partial charge in [0.05, 0.1) is 34.4 Å². The van der Waals surface area contributed by atoms with Crippen LogP contribution in [0.4, 0.5) is 0 Å². The van der Waals surface area contributed by atoms with Crippen molar-refractivity contribution in [2.75, 3.05) is 54.1 Å². The van der Waals surface area contributed by atoms with Gasteiger partial charge in [0.1, 0.15) is 19.3 Å². The molecule has 0 radical (unpaired) electrons. The van der Waals surface area contributed by atoms with Crippen molar-refractivity contribution in [3.05, 3.63) is 0 Å². The second-order valence-corrected chi connectivity index (χ2v) is 17.5. The lowest BCUT2D eigenvalue weighted by Crippen LogP contribution is -2.37. The normalized spacial score (nSPS) is 13.8. The van der Waals surface area contributed by atoms with Crippen LogP contribution in [0.5, 0.6) is 0 Å². The summed E-state index contributed by atoms with van der Waals surface area (Å²) in [5.41, 5.74) is 0. The number of phosphoric ester groups is 1. The van der Waals surface area contributed by atoms with Crippen LogP contribution in [0.15, 0.2) is 0 Å². The Labute approximate surface area is 317 Å². The lowest BCUT2D eigenvalue weighted by molar-refractivity contribution is -0.870. The van der Waals surface area contributed by atoms with Crippen LogP contribution in [0.25, 0.3) is 0 Å². The lowest BCUT2D eigenvalue weighted by Gasteiger charge is -2.28. The van der Waals surface area contributed by atoms with Crippen molar-refractivity contribution in [1.29, 1.82) is 0 Å². The van der Waals surface area contributed by atoms with Gasteiger partial charge in [-0.05, 0) is 12.8 Å². The highest BCUT2D eigenvalue weighted by Gasteiger charge is 2.20. The number of hydrogen-bond donors (Lipinski definition) is 0. The summed E-state index contributed by atoms with van der Waals surface area (Å²) >= 11 is 0. The Morgan fingerprint density at radius 2 is 0.902 bits per heavy atom. The number of nitrogens with zero attached hydrogens (tertiary/aromatic N) is 1. The van der Waals surface area contributed by atoms with E-state index in [2.05, 4.69) is 13.8 Å². The molecule has 0 aromatic rings. The van der Waals surface area contributed by atoms with Gasteiger partial charge in [0.25, 0.3) is 7.82 Å². The van der Waals surface area contributed by atoms with E-state index >= 15 is 0 Å². The quantitative estimate of drug-likeness (QED) is 0.0266. The van der Waals surface area contributed by atoms with Crippen LogP contribution in [0.3, 0.4) is 0 Å². The fraction of sp³-hybridized carbons (Fsp3) is 0.976. The molecular weight excluding hydrogens is 661 g/mol. The van der Waals surface area contributed by atoms with Crippen molar-refractivity contribution in [3.63, 3.8) is 0 Å². The second-order valence-electron chi connectivity index (χ2n) is 16.1. The number of likely N-dealkylation sites (N-methyl/N-ethyl adjacent to an activating group) is 1.